The lowest BCUT2D eigenvalue weighted by Crippen LogP contribution is -2.02. The van der Waals surface area contributed by atoms with Crippen LogP contribution in [0, 0.1) is 0 Å². The molecule has 2 aromatic carbocycles. The van der Waals surface area contributed by atoms with Crippen LogP contribution in [0.15, 0.2) is 71.5 Å². The highest BCUT2D eigenvalue weighted by Gasteiger charge is 2.18. The molecule has 3 aromatic heterocycles. The van der Waals surface area contributed by atoms with Gasteiger partial charge >= 0.3 is 0 Å². The summed E-state index contributed by atoms with van der Waals surface area (Å²) in [6.07, 6.45) is 0. The van der Waals surface area contributed by atoms with Crippen molar-refractivity contribution in [2.24, 2.45) is 0 Å². The molecule has 0 atom stereocenters. The standard InChI is InChI=1S/C22H13ClN2O2S/c23-14-8-6-12(7-9-14)15-10-16(13-4-2-1-3-5-13)24-22-19(15)20-21(28-22)17(26)11-18(27)25-20/h1-11H,(H2,25,26,27). The molecule has 0 saturated heterocycles. The minimum atomic E-state index is -0.348. The number of pyridine rings is 2. The van der Waals surface area contributed by atoms with Crippen molar-refractivity contribution in [3.63, 3.8) is 0 Å². The smallest absolute Gasteiger partial charge is 0.252 e. The Morgan fingerprint density at radius 2 is 1.71 bits per heavy atom. The monoisotopic (exact) mass is 404 g/mol. The fraction of sp³-hybridized carbons (Fsp3) is 0. The van der Waals surface area contributed by atoms with Gasteiger partial charge in [-0.15, -0.1) is 11.3 Å². The van der Waals surface area contributed by atoms with E-state index >= 15 is 0 Å². The molecule has 3 heterocycles. The average Bonchev–Trinajstić information content (AvgIpc) is 3.07. The van der Waals surface area contributed by atoms with E-state index in [1.54, 1.807) is 0 Å². The van der Waals surface area contributed by atoms with Crippen molar-refractivity contribution in [3.8, 4) is 28.1 Å². The number of nitrogens with zero attached hydrogens (tertiary/aromatic N) is 1. The summed E-state index contributed by atoms with van der Waals surface area (Å²) in [7, 11) is 0. The first-order valence-corrected chi connectivity index (χ1v) is 9.80. The van der Waals surface area contributed by atoms with Crippen molar-refractivity contribution < 1.29 is 5.11 Å². The molecule has 6 heteroatoms. The molecule has 0 saturated carbocycles. The fourth-order valence-electron chi connectivity index (χ4n) is 3.36. The Bertz CT molecular complexity index is 1390. The molecule has 0 aliphatic rings. The molecule has 0 aliphatic carbocycles. The lowest BCUT2D eigenvalue weighted by Gasteiger charge is -2.08. The third-order valence-corrected chi connectivity index (χ3v) is 5.99. The summed E-state index contributed by atoms with van der Waals surface area (Å²) < 4.78 is 0.613. The quantitative estimate of drug-likeness (QED) is 0.389. The zero-order valence-corrected chi connectivity index (χ0v) is 16.0. The van der Waals surface area contributed by atoms with E-state index in [1.807, 2.05) is 60.7 Å². The first-order chi connectivity index (χ1) is 13.6. The zero-order chi connectivity index (χ0) is 19.3. The molecule has 5 aromatic rings. The number of aromatic amines is 1. The molecule has 5 rings (SSSR count). The van der Waals surface area contributed by atoms with Crippen LogP contribution in [-0.2, 0) is 0 Å². The summed E-state index contributed by atoms with van der Waals surface area (Å²) in [5.41, 5.74) is 3.95. The molecule has 4 nitrogen and oxygen atoms in total. The van der Waals surface area contributed by atoms with E-state index in [-0.39, 0.29) is 11.3 Å². The highest BCUT2D eigenvalue weighted by Crippen LogP contribution is 2.42. The Balaban J connectivity index is 1.92. The third-order valence-electron chi connectivity index (χ3n) is 4.64. The van der Waals surface area contributed by atoms with Gasteiger partial charge in [0.25, 0.3) is 5.56 Å². The zero-order valence-electron chi connectivity index (χ0n) is 14.4. The number of nitrogens with one attached hydrogen (secondary N) is 1. The molecule has 28 heavy (non-hydrogen) atoms. The van der Waals surface area contributed by atoms with Crippen molar-refractivity contribution >= 4 is 43.4 Å². The van der Waals surface area contributed by atoms with Crippen molar-refractivity contribution in [2.45, 2.75) is 0 Å². The lowest BCUT2D eigenvalue weighted by atomic mass is 10.00. The summed E-state index contributed by atoms with van der Waals surface area (Å²) in [6.45, 7) is 0. The Labute approximate surface area is 168 Å². The van der Waals surface area contributed by atoms with Crippen LogP contribution in [0.4, 0.5) is 0 Å². The van der Waals surface area contributed by atoms with Gasteiger partial charge < -0.3 is 10.1 Å². The number of thiophene rings is 1. The van der Waals surface area contributed by atoms with Gasteiger partial charge in [0.05, 0.1) is 15.9 Å². The van der Waals surface area contributed by atoms with Crippen molar-refractivity contribution in [1.82, 2.24) is 9.97 Å². The molecule has 0 unspecified atom stereocenters. The van der Waals surface area contributed by atoms with Gasteiger partial charge in [0.2, 0.25) is 0 Å². The predicted molar refractivity (Wildman–Crippen MR) is 115 cm³/mol. The van der Waals surface area contributed by atoms with Crippen LogP contribution in [0.5, 0.6) is 5.75 Å². The number of fused-ring (bicyclic) bond motifs is 3. The molecule has 0 spiro atoms. The number of halogens is 1. The molecule has 0 radical (unpaired) electrons. The van der Waals surface area contributed by atoms with Gasteiger partial charge in [-0.05, 0) is 29.3 Å². The predicted octanol–water partition coefficient (Wildman–Crippen LogP) is 5.83. The number of H-pyrrole nitrogens is 1. The van der Waals surface area contributed by atoms with Crippen molar-refractivity contribution in [1.29, 1.82) is 0 Å². The van der Waals surface area contributed by atoms with Crippen LogP contribution in [0.25, 0.3) is 42.8 Å². The Morgan fingerprint density at radius 1 is 0.964 bits per heavy atom. The summed E-state index contributed by atoms with van der Waals surface area (Å²) >= 11 is 7.43. The Morgan fingerprint density at radius 3 is 2.46 bits per heavy atom. The van der Waals surface area contributed by atoms with Crippen LogP contribution in [0.2, 0.25) is 5.02 Å². The molecule has 136 valence electrons. The molecule has 2 N–H and O–H groups in total. The van der Waals surface area contributed by atoms with Gasteiger partial charge in [0.15, 0.2) is 0 Å². The van der Waals surface area contributed by atoms with Crippen LogP contribution in [0.3, 0.4) is 0 Å². The third kappa shape index (κ3) is 2.76. The fourth-order valence-corrected chi connectivity index (χ4v) is 4.56. The van der Waals surface area contributed by atoms with Gasteiger partial charge in [-0.3, -0.25) is 4.79 Å². The number of hydrogen-bond donors (Lipinski definition) is 2. The summed E-state index contributed by atoms with van der Waals surface area (Å²) in [5, 5.41) is 11.7. The van der Waals surface area contributed by atoms with Gasteiger partial charge in [-0.25, -0.2) is 4.98 Å². The molecule has 0 bridgehead atoms. The first kappa shape index (κ1) is 17.0. The van der Waals surface area contributed by atoms with Gasteiger partial charge in [0.1, 0.15) is 10.6 Å². The average molecular weight is 405 g/mol. The Hall–Kier alpha value is -3.15. The van der Waals surface area contributed by atoms with Crippen LogP contribution < -0.4 is 5.56 Å². The minimum Gasteiger partial charge on any atom is -0.506 e. The second kappa shape index (κ2) is 6.48. The van der Waals surface area contributed by atoms with Gasteiger partial charge in [0, 0.05) is 22.0 Å². The van der Waals surface area contributed by atoms with Crippen LogP contribution >= 0.6 is 22.9 Å². The number of aromatic nitrogens is 2. The highest BCUT2D eigenvalue weighted by atomic mass is 35.5. The molecular formula is C22H13ClN2O2S. The van der Waals surface area contributed by atoms with E-state index in [4.69, 9.17) is 16.6 Å². The van der Waals surface area contributed by atoms with E-state index in [9.17, 15) is 9.90 Å². The number of benzene rings is 2. The van der Waals surface area contributed by atoms with Crippen molar-refractivity contribution in [2.75, 3.05) is 0 Å². The second-order valence-electron chi connectivity index (χ2n) is 6.43. The molecule has 0 amide bonds. The molecule has 0 aliphatic heterocycles. The summed E-state index contributed by atoms with van der Waals surface area (Å²) in [6, 6.07) is 20.7. The van der Waals surface area contributed by atoms with Crippen LogP contribution in [-0.4, -0.2) is 15.1 Å². The normalized spacial score (nSPS) is 11.3. The van der Waals surface area contributed by atoms with E-state index < -0.39 is 0 Å². The van der Waals surface area contributed by atoms with Crippen molar-refractivity contribution in [3.05, 3.63) is 82.1 Å². The maximum atomic E-state index is 12.0. The van der Waals surface area contributed by atoms with E-state index in [2.05, 4.69) is 4.98 Å². The molecular weight excluding hydrogens is 392 g/mol. The maximum absolute atomic E-state index is 12.0. The number of rotatable bonds is 2. The van der Waals surface area contributed by atoms with E-state index in [1.165, 1.54) is 17.4 Å². The number of aromatic hydroxyl groups is 1. The SMILES string of the molecule is O=c1cc(O)c2sc3nc(-c4ccccc4)cc(-c4ccc(Cl)cc4)c3c2[nH]1. The summed E-state index contributed by atoms with van der Waals surface area (Å²) in [4.78, 5) is 20.4. The van der Waals surface area contributed by atoms with Gasteiger partial charge in [-0.1, -0.05) is 54.1 Å². The minimum absolute atomic E-state index is 0.0370. The second-order valence-corrected chi connectivity index (χ2v) is 7.87. The molecule has 0 fully saturated rings. The number of hydrogen-bond acceptors (Lipinski definition) is 4. The topological polar surface area (TPSA) is 66.0 Å². The maximum Gasteiger partial charge on any atom is 0.252 e. The summed E-state index contributed by atoms with van der Waals surface area (Å²) in [5.74, 6) is -0.0370. The van der Waals surface area contributed by atoms with E-state index in [0.29, 0.717) is 15.2 Å². The Kier molecular flexibility index (Phi) is 3.93. The highest BCUT2D eigenvalue weighted by molar-refractivity contribution is 7.25. The van der Waals surface area contributed by atoms with Gasteiger partial charge in [-0.2, -0.15) is 0 Å². The lowest BCUT2D eigenvalue weighted by molar-refractivity contribution is 0.481. The van der Waals surface area contributed by atoms with E-state index in [0.717, 1.165) is 32.6 Å². The van der Waals surface area contributed by atoms with Crippen LogP contribution in [0.1, 0.15) is 0 Å². The first-order valence-electron chi connectivity index (χ1n) is 8.61. The largest absolute Gasteiger partial charge is 0.506 e.